The van der Waals surface area contributed by atoms with E-state index in [4.69, 9.17) is 15.2 Å². The Morgan fingerprint density at radius 2 is 1.97 bits per heavy atom. The highest BCUT2D eigenvalue weighted by molar-refractivity contribution is 5.89. The van der Waals surface area contributed by atoms with Crippen LogP contribution < -0.4 is 11.1 Å². The van der Waals surface area contributed by atoms with Gasteiger partial charge in [0.05, 0.1) is 24.0 Å². The maximum Gasteiger partial charge on any atom is 0.407 e. The van der Waals surface area contributed by atoms with E-state index in [1.165, 1.54) is 0 Å². The van der Waals surface area contributed by atoms with Crippen LogP contribution in [0.25, 0.3) is 0 Å². The van der Waals surface area contributed by atoms with Crippen LogP contribution in [-0.2, 0) is 22.6 Å². The van der Waals surface area contributed by atoms with E-state index >= 15 is 0 Å². The summed E-state index contributed by atoms with van der Waals surface area (Å²) in [4.78, 5) is 31.1. The summed E-state index contributed by atoms with van der Waals surface area (Å²) in [5, 5.41) is 2.81. The van der Waals surface area contributed by atoms with Crippen LogP contribution >= 0.6 is 0 Å². The predicted octanol–water partition coefficient (Wildman–Crippen LogP) is 3.58. The van der Waals surface area contributed by atoms with E-state index in [0.717, 1.165) is 29.6 Å². The van der Waals surface area contributed by atoms with Crippen LogP contribution in [0.5, 0.6) is 0 Å². The van der Waals surface area contributed by atoms with Crippen LogP contribution in [0.1, 0.15) is 80.8 Å². The molecule has 2 aliphatic heterocycles. The lowest BCUT2D eigenvalue weighted by Gasteiger charge is -2.40. The number of rotatable bonds is 5. The third kappa shape index (κ3) is 5.36. The third-order valence-corrected chi connectivity index (χ3v) is 6.38. The summed E-state index contributed by atoms with van der Waals surface area (Å²) >= 11 is 0. The molecule has 1 aromatic carbocycles. The standard InChI is InChI=1S/C25H33F2N5O4/c1-13(2)32-20-11-31(10-19(20)29-23(32)22(28)33)15-9-18(30-24(34)36-25(3,4)5)21(35-12-15)16-8-14(26)6-7-17(16)27/h6-8,13,15,18,21H,9-12H2,1-5H3,(H2,28,33)(H,30,34)/t15-,18+,21-/m1/s1. The number of nitrogens with zero attached hydrogens (tertiary/aromatic N) is 3. The van der Waals surface area contributed by atoms with E-state index in [1.807, 2.05) is 18.4 Å². The lowest BCUT2D eigenvalue weighted by atomic mass is 9.92. The summed E-state index contributed by atoms with van der Waals surface area (Å²) in [6.45, 7) is 10.4. The molecule has 36 heavy (non-hydrogen) atoms. The Morgan fingerprint density at radius 1 is 1.25 bits per heavy atom. The number of ether oxygens (including phenoxy) is 2. The van der Waals surface area contributed by atoms with Gasteiger partial charge in [-0.1, -0.05) is 0 Å². The topological polar surface area (TPSA) is 112 Å². The van der Waals surface area contributed by atoms with Crippen molar-refractivity contribution in [3.05, 3.63) is 52.6 Å². The summed E-state index contributed by atoms with van der Waals surface area (Å²) in [6, 6.07) is 2.36. The first-order chi connectivity index (χ1) is 16.8. The molecular weight excluding hydrogens is 472 g/mol. The van der Waals surface area contributed by atoms with Gasteiger partial charge in [0, 0.05) is 30.7 Å². The SMILES string of the molecule is CC(C)n1c(C(N)=O)nc2c1CN([C@H]1CO[C@H](c3cc(F)ccc3F)[C@@H](NC(=O)OC(C)(C)C)C1)C2. The molecule has 0 bridgehead atoms. The first-order valence-corrected chi connectivity index (χ1v) is 12.0. The minimum absolute atomic E-state index is 0.00628. The molecule has 0 unspecified atom stereocenters. The first-order valence-electron chi connectivity index (χ1n) is 12.0. The van der Waals surface area contributed by atoms with E-state index in [-0.39, 0.29) is 30.1 Å². The van der Waals surface area contributed by atoms with Crippen LogP contribution in [0, 0.1) is 11.6 Å². The molecule has 2 aromatic rings. The fourth-order valence-corrected chi connectivity index (χ4v) is 4.94. The third-order valence-electron chi connectivity index (χ3n) is 6.38. The fraction of sp³-hybridized carbons (Fsp3) is 0.560. The van der Waals surface area contributed by atoms with E-state index in [2.05, 4.69) is 15.2 Å². The van der Waals surface area contributed by atoms with Crippen molar-refractivity contribution in [1.29, 1.82) is 0 Å². The molecule has 2 aliphatic rings. The van der Waals surface area contributed by atoms with Crippen molar-refractivity contribution < 1.29 is 27.8 Å². The number of hydrogen-bond donors (Lipinski definition) is 2. The van der Waals surface area contributed by atoms with E-state index in [0.29, 0.717) is 19.5 Å². The van der Waals surface area contributed by atoms with E-state index in [1.54, 1.807) is 20.8 Å². The van der Waals surface area contributed by atoms with Crippen molar-refractivity contribution in [2.24, 2.45) is 5.73 Å². The second-order valence-corrected chi connectivity index (χ2v) is 10.6. The Kier molecular flexibility index (Phi) is 7.07. The van der Waals surface area contributed by atoms with Gasteiger partial charge in [0.1, 0.15) is 23.3 Å². The molecule has 1 saturated heterocycles. The molecule has 2 amide bonds. The summed E-state index contributed by atoms with van der Waals surface area (Å²) in [5.41, 5.74) is 6.52. The highest BCUT2D eigenvalue weighted by atomic mass is 19.1. The minimum atomic E-state index is -0.890. The maximum atomic E-state index is 14.6. The summed E-state index contributed by atoms with van der Waals surface area (Å²) in [7, 11) is 0. The second kappa shape index (κ2) is 9.78. The molecule has 11 heteroatoms. The van der Waals surface area contributed by atoms with Crippen molar-refractivity contribution in [3.8, 4) is 0 Å². The van der Waals surface area contributed by atoms with Crippen LogP contribution in [0.3, 0.4) is 0 Å². The Labute approximate surface area is 208 Å². The van der Waals surface area contributed by atoms with Crippen molar-refractivity contribution in [3.63, 3.8) is 0 Å². The van der Waals surface area contributed by atoms with Gasteiger partial charge in [-0.3, -0.25) is 9.69 Å². The first kappa shape index (κ1) is 26.0. The zero-order chi connectivity index (χ0) is 26.4. The number of hydrogen-bond acceptors (Lipinski definition) is 6. The molecule has 0 radical (unpaired) electrons. The second-order valence-electron chi connectivity index (χ2n) is 10.6. The van der Waals surface area contributed by atoms with Gasteiger partial charge in [0.25, 0.3) is 5.91 Å². The van der Waals surface area contributed by atoms with Crippen molar-refractivity contribution in [1.82, 2.24) is 19.8 Å². The Hall–Kier alpha value is -3.05. The normalized spacial score (nSPS) is 22.5. The minimum Gasteiger partial charge on any atom is -0.444 e. The molecule has 3 atom stereocenters. The molecule has 4 rings (SSSR count). The molecule has 3 heterocycles. The summed E-state index contributed by atoms with van der Waals surface area (Å²) in [5.74, 6) is -1.54. The highest BCUT2D eigenvalue weighted by Gasteiger charge is 2.41. The number of primary amides is 1. The smallest absolute Gasteiger partial charge is 0.407 e. The molecule has 0 spiro atoms. The number of nitrogens with two attached hydrogens (primary N) is 1. The zero-order valence-electron chi connectivity index (χ0n) is 21.2. The van der Waals surface area contributed by atoms with Gasteiger partial charge in [-0.15, -0.1) is 0 Å². The number of carbonyl (C=O) groups excluding carboxylic acids is 2. The number of carbonyl (C=O) groups is 2. The van der Waals surface area contributed by atoms with Crippen molar-refractivity contribution in [2.75, 3.05) is 6.61 Å². The van der Waals surface area contributed by atoms with E-state index < -0.39 is 41.4 Å². The molecule has 0 aliphatic carbocycles. The number of fused-ring (bicyclic) bond motifs is 1. The van der Waals surface area contributed by atoms with Gasteiger partial charge in [-0.25, -0.2) is 18.6 Å². The average molecular weight is 506 g/mol. The number of benzene rings is 1. The van der Waals surface area contributed by atoms with Crippen LogP contribution in [0.4, 0.5) is 13.6 Å². The lowest BCUT2D eigenvalue weighted by Crippen LogP contribution is -2.52. The molecular formula is C25H33F2N5O4. The highest BCUT2D eigenvalue weighted by Crippen LogP contribution is 2.36. The van der Waals surface area contributed by atoms with Gasteiger partial charge in [-0.2, -0.15) is 0 Å². The Bertz CT molecular complexity index is 1160. The van der Waals surface area contributed by atoms with Gasteiger partial charge in [0.15, 0.2) is 5.82 Å². The monoisotopic (exact) mass is 505 g/mol. The number of halogens is 2. The number of amides is 2. The zero-order valence-corrected chi connectivity index (χ0v) is 21.2. The number of imidazole rings is 1. The molecule has 1 aromatic heterocycles. The Balaban J connectivity index is 1.57. The van der Waals surface area contributed by atoms with Crippen LogP contribution in [0.2, 0.25) is 0 Å². The van der Waals surface area contributed by atoms with Crippen LogP contribution in [0.15, 0.2) is 18.2 Å². The summed E-state index contributed by atoms with van der Waals surface area (Å²) in [6.07, 6.45) is -1.14. The van der Waals surface area contributed by atoms with Crippen molar-refractivity contribution >= 4 is 12.0 Å². The van der Waals surface area contributed by atoms with Gasteiger partial charge < -0.3 is 25.1 Å². The van der Waals surface area contributed by atoms with Gasteiger partial charge in [0.2, 0.25) is 0 Å². The van der Waals surface area contributed by atoms with Crippen LogP contribution in [-0.4, -0.2) is 50.7 Å². The quantitative estimate of drug-likeness (QED) is 0.643. The fourth-order valence-electron chi connectivity index (χ4n) is 4.94. The molecule has 0 saturated carbocycles. The number of nitrogens with one attached hydrogen (secondary N) is 1. The average Bonchev–Trinajstić information content (AvgIpc) is 3.32. The molecule has 1 fully saturated rings. The molecule has 9 nitrogen and oxygen atoms in total. The van der Waals surface area contributed by atoms with Gasteiger partial charge in [-0.05, 0) is 59.2 Å². The van der Waals surface area contributed by atoms with Crippen molar-refractivity contribution in [2.45, 2.75) is 84.0 Å². The Morgan fingerprint density at radius 3 is 2.61 bits per heavy atom. The number of alkyl carbamates (subject to hydrolysis) is 1. The lowest BCUT2D eigenvalue weighted by molar-refractivity contribution is -0.0631. The summed E-state index contributed by atoms with van der Waals surface area (Å²) < 4.78 is 41.9. The molecule has 3 N–H and O–H groups in total. The number of aromatic nitrogens is 2. The largest absolute Gasteiger partial charge is 0.444 e. The van der Waals surface area contributed by atoms with Gasteiger partial charge >= 0.3 is 6.09 Å². The van der Waals surface area contributed by atoms with E-state index in [9.17, 15) is 18.4 Å². The molecule has 196 valence electrons. The maximum absolute atomic E-state index is 14.6. The predicted molar refractivity (Wildman–Crippen MR) is 127 cm³/mol.